The molecule has 0 amide bonds. The monoisotopic (exact) mass is 243 g/mol. The predicted molar refractivity (Wildman–Crippen MR) is 61.3 cm³/mol. The lowest BCUT2D eigenvalue weighted by molar-refractivity contribution is 0.122. The van der Waals surface area contributed by atoms with Crippen molar-refractivity contribution in [2.45, 2.75) is 6.92 Å². The predicted octanol–water partition coefficient (Wildman–Crippen LogP) is 1.63. The van der Waals surface area contributed by atoms with E-state index in [4.69, 9.17) is 4.74 Å². The third-order valence-corrected chi connectivity index (χ3v) is 2.57. The molecule has 0 aliphatic carbocycles. The number of ether oxygens (including phenoxy) is 1. The van der Waals surface area contributed by atoms with Crippen LogP contribution in [0.3, 0.4) is 0 Å². The number of halogens is 2. The molecule has 1 aromatic heterocycles. The van der Waals surface area contributed by atoms with Crippen LogP contribution in [0.15, 0.2) is 6.07 Å². The Morgan fingerprint density at radius 1 is 1.35 bits per heavy atom. The molecule has 1 saturated heterocycles. The van der Waals surface area contributed by atoms with Gasteiger partial charge in [-0.3, -0.25) is 0 Å². The van der Waals surface area contributed by atoms with Gasteiger partial charge in [0.15, 0.2) is 23.3 Å². The minimum Gasteiger partial charge on any atom is -0.378 e. The number of nitrogens with zero attached hydrogens (tertiary/aromatic N) is 2. The van der Waals surface area contributed by atoms with Crippen LogP contribution >= 0.6 is 0 Å². The van der Waals surface area contributed by atoms with Crippen molar-refractivity contribution in [3.05, 3.63) is 17.7 Å². The summed E-state index contributed by atoms with van der Waals surface area (Å²) >= 11 is 0. The minimum atomic E-state index is -0.665. The molecular weight excluding hydrogens is 228 g/mol. The van der Waals surface area contributed by atoms with Crippen molar-refractivity contribution < 1.29 is 13.5 Å². The highest BCUT2D eigenvalue weighted by molar-refractivity contribution is 5.49. The fourth-order valence-electron chi connectivity index (χ4n) is 1.75. The summed E-state index contributed by atoms with van der Waals surface area (Å²) in [6, 6.07) is 0.871. The number of aromatic nitrogens is 1. The molecule has 1 aliphatic heterocycles. The van der Waals surface area contributed by atoms with Crippen LogP contribution in [0.4, 0.5) is 20.4 Å². The van der Waals surface area contributed by atoms with Crippen molar-refractivity contribution in [2.75, 3.05) is 43.1 Å². The molecule has 0 spiro atoms. The Balaban J connectivity index is 2.28. The van der Waals surface area contributed by atoms with Crippen molar-refractivity contribution in [1.82, 2.24) is 4.98 Å². The van der Waals surface area contributed by atoms with Crippen LogP contribution in [0, 0.1) is 11.6 Å². The lowest BCUT2D eigenvalue weighted by Gasteiger charge is -2.28. The maximum Gasteiger partial charge on any atom is 0.168 e. The van der Waals surface area contributed by atoms with E-state index in [9.17, 15) is 8.78 Å². The summed E-state index contributed by atoms with van der Waals surface area (Å²) in [5, 5.41) is 2.77. The second-order valence-electron chi connectivity index (χ2n) is 3.75. The summed E-state index contributed by atoms with van der Waals surface area (Å²) in [6.45, 7) is 4.59. The molecule has 0 atom stereocenters. The van der Waals surface area contributed by atoms with Crippen LogP contribution in [0.5, 0.6) is 0 Å². The molecular formula is C11H15F2N3O. The molecule has 17 heavy (non-hydrogen) atoms. The first-order valence-electron chi connectivity index (χ1n) is 5.65. The molecule has 2 heterocycles. The molecule has 2 rings (SSSR count). The van der Waals surface area contributed by atoms with Crippen molar-refractivity contribution in [3.63, 3.8) is 0 Å². The van der Waals surface area contributed by atoms with E-state index in [0.29, 0.717) is 32.8 Å². The summed E-state index contributed by atoms with van der Waals surface area (Å²) in [5.41, 5.74) is 0. The van der Waals surface area contributed by atoms with E-state index in [-0.39, 0.29) is 11.6 Å². The lowest BCUT2D eigenvalue weighted by atomic mass is 10.3. The summed E-state index contributed by atoms with van der Waals surface area (Å²) in [6.07, 6.45) is 0. The number of hydrogen-bond donors (Lipinski definition) is 1. The van der Waals surface area contributed by atoms with E-state index in [1.165, 1.54) is 0 Å². The van der Waals surface area contributed by atoms with Gasteiger partial charge < -0.3 is 15.0 Å². The molecule has 1 aliphatic rings. The van der Waals surface area contributed by atoms with E-state index in [0.717, 1.165) is 6.07 Å². The van der Waals surface area contributed by atoms with Crippen LogP contribution in [-0.4, -0.2) is 37.8 Å². The van der Waals surface area contributed by atoms with E-state index in [2.05, 4.69) is 10.3 Å². The Bertz CT molecular complexity index is 395. The smallest absolute Gasteiger partial charge is 0.168 e. The van der Waals surface area contributed by atoms with Crippen LogP contribution in [-0.2, 0) is 4.74 Å². The first-order chi connectivity index (χ1) is 8.22. The van der Waals surface area contributed by atoms with Crippen molar-refractivity contribution >= 4 is 11.6 Å². The number of rotatable bonds is 3. The SMILES string of the molecule is CCNc1nc(N2CCOCC2)c(F)cc1F. The molecule has 0 aromatic carbocycles. The van der Waals surface area contributed by atoms with Gasteiger partial charge >= 0.3 is 0 Å². The second kappa shape index (κ2) is 5.27. The van der Waals surface area contributed by atoms with Gasteiger partial charge in [-0.2, -0.15) is 0 Å². The third-order valence-electron chi connectivity index (χ3n) is 2.57. The zero-order valence-corrected chi connectivity index (χ0v) is 9.67. The van der Waals surface area contributed by atoms with Gasteiger partial charge in [0, 0.05) is 25.7 Å². The quantitative estimate of drug-likeness (QED) is 0.875. The van der Waals surface area contributed by atoms with E-state index in [1.54, 1.807) is 4.90 Å². The molecule has 4 nitrogen and oxygen atoms in total. The van der Waals surface area contributed by atoms with Gasteiger partial charge in [-0.05, 0) is 6.92 Å². The second-order valence-corrected chi connectivity index (χ2v) is 3.75. The van der Waals surface area contributed by atoms with Gasteiger partial charge in [-0.25, -0.2) is 13.8 Å². The fraction of sp³-hybridized carbons (Fsp3) is 0.545. The van der Waals surface area contributed by atoms with E-state index >= 15 is 0 Å². The molecule has 0 bridgehead atoms. The average molecular weight is 243 g/mol. The normalized spacial score (nSPS) is 16.1. The van der Waals surface area contributed by atoms with E-state index in [1.807, 2.05) is 6.92 Å². The number of anilines is 2. The molecule has 1 N–H and O–H groups in total. The molecule has 94 valence electrons. The summed E-state index contributed by atoms with van der Waals surface area (Å²) in [7, 11) is 0. The van der Waals surface area contributed by atoms with E-state index < -0.39 is 11.6 Å². The van der Waals surface area contributed by atoms with Crippen LogP contribution in [0.2, 0.25) is 0 Å². The van der Waals surface area contributed by atoms with Crippen molar-refractivity contribution in [3.8, 4) is 0 Å². The molecule has 6 heteroatoms. The third kappa shape index (κ3) is 2.63. The van der Waals surface area contributed by atoms with Crippen LogP contribution in [0.1, 0.15) is 6.92 Å². The Morgan fingerprint density at radius 3 is 2.71 bits per heavy atom. The minimum absolute atomic E-state index is 0.0930. The topological polar surface area (TPSA) is 37.4 Å². The standard InChI is InChI=1S/C11H15F2N3O/c1-2-14-10-8(12)7-9(13)11(15-10)16-3-5-17-6-4-16/h7H,2-6H2,1H3,(H,14,15). The Morgan fingerprint density at radius 2 is 2.06 bits per heavy atom. The van der Waals surface area contributed by atoms with Gasteiger partial charge in [0.25, 0.3) is 0 Å². The zero-order valence-electron chi connectivity index (χ0n) is 9.67. The Labute approximate surface area is 98.6 Å². The molecule has 1 fully saturated rings. The first kappa shape index (κ1) is 12.0. The lowest BCUT2D eigenvalue weighted by Crippen LogP contribution is -2.37. The van der Waals surface area contributed by atoms with Gasteiger partial charge in [-0.1, -0.05) is 0 Å². The largest absolute Gasteiger partial charge is 0.378 e. The number of nitrogens with one attached hydrogen (secondary N) is 1. The van der Waals surface area contributed by atoms with Gasteiger partial charge in [0.2, 0.25) is 0 Å². The number of hydrogen-bond acceptors (Lipinski definition) is 4. The first-order valence-corrected chi connectivity index (χ1v) is 5.65. The van der Waals surface area contributed by atoms with Crippen molar-refractivity contribution in [2.24, 2.45) is 0 Å². The number of pyridine rings is 1. The zero-order chi connectivity index (χ0) is 12.3. The van der Waals surface area contributed by atoms with Gasteiger partial charge in [-0.15, -0.1) is 0 Å². The molecule has 1 aromatic rings. The van der Waals surface area contributed by atoms with Crippen LogP contribution in [0.25, 0.3) is 0 Å². The summed E-state index contributed by atoms with van der Waals surface area (Å²) in [5.74, 6) is -1.02. The Kier molecular flexibility index (Phi) is 3.73. The highest BCUT2D eigenvalue weighted by Crippen LogP contribution is 2.22. The maximum absolute atomic E-state index is 13.6. The molecule has 0 radical (unpaired) electrons. The van der Waals surface area contributed by atoms with Gasteiger partial charge in [0.05, 0.1) is 13.2 Å². The van der Waals surface area contributed by atoms with Crippen molar-refractivity contribution in [1.29, 1.82) is 0 Å². The molecule has 0 saturated carbocycles. The molecule has 0 unspecified atom stereocenters. The van der Waals surface area contributed by atoms with Gasteiger partial charge in [0.1, 0.15) is 0 Å². The average Bonchev–Trinajstić information content (AvgIpc) is 2.34. The summed E-state index contributed by atoms with van der Waals surface area (Å²) in [4.78, 5) is 5.76. The highest BCUT2D eigenvalue weighted by atomic mass is 19.1. The summed E-state index contributed by atoms with van der Waals surface area (Å²) < 4.78 is 32.2. The maximum atomic E-state index is 13.6. The fourth-order valence-corrected chi connectivity index (χ4v) is 1.75. The highest BCUT2D eigenvalue weighted by Gasteiger charge is 2.19. The number of morpholine rings is 1. The Hall–Kier alpha value is -1.43. The van der Waals surface area contributed by atoms with Crippen LogP contribution < -0.4 is 10.2 Å².